The Hall–Kier alpha value is -1.54. The Morgan fingerprint density at radius 1 is 1.29 bits per heavy atom. The number of hydrogen-bond donors (Lipinski definition) is 0. The summed E-state index contributed by atoms with van der Waals surface area (Å²) in [6.45, 7) is 5.06. The molecule has 0 saturated heterocycles. The lowest BCUT2D eigenvalue weighted by Gasteiger charge is -2.32. The molecule has 3 rings (SSSR count). The molecule has 1 aromatic heterocycles. The van der Waals surface area contributed by atoms with Gasteiger partial charge >= 0.3 is 0 Å². The average Bonchev–Trinajstić information content (AvgIpc) is 2.69. The van der Waals surface area contributed by atoms with Gasteiger partial charge in [0, 0.05) is 11.6 Å². The summed E-state index contributed by atoms with van der Waals surface area (Å²) < 4.78 is 8.18. The van der Waals surface area contributed by atoms with Crippen LogP contribution >= 0.6 is 0 Å². The third-order valence-electron chi connectivity index (χ3n) is 3.50. The van der Waals surface area contributed by atoms with E-state index in [1.54, 1.807) is 0 Å². The Balaban J connectivity index is 2.24. The van der Waals surface area contributed by atoms with Gasteiger partial charge in [0.15, 0.2) is 5.72 Å². The maximum Gasteiger partial charge on any atom is 0.161 e. The van der Waals surface area contributed by atoms with Crippen molar-refractivity contribution < 1.29 is 4.74 Å². The van der Waals surface area contributed by atoms with Crippen LogP contribution < -0.4 is 0 Å². The summed E-state index contributed by atoms with van der Waals surface area (Å²) in [7, 11) is 0. The predicted octanol–water partition coefficient (Wildman–Crippen LogP) is 3.60. The van der Waals surface area contributed by atoms with Crippen LogP contribution in [0.4, 0.5) is 0 Å². The topological polar surface area (TPSA) is 14.2 Å². The third-order valence-corrected chi connectivity index (χ3v) is 3.50. The van der Waals surface area contributed by atoms with Crippen LogP contribution in [0.25, 0.3) is 10.9 Å². The highest BCUT2D eigenvalue weighted by Gasteiger charge is 2.27. The molecule has 0 bridgehead atoms. The highest BCUT2D eigenvalue weighted by molar-refractivity contribution is 5.84. The fraction of sp³-hybridized carbons (Fsp3) is 0.333. The second-order valence-corrected chi connectivity index (χ2v) is 4.79. The number of aromatic nitrogens is 1. The van der Waals surface area contributed by atoms with Crippen LogP contribution in [0, 0.1) is 6.92 Å². The van der Waals surface area contributed by atoms with E-state index in [1.165, 1.54) is 16.5 Å². The van der Waals surface area contributed by atoms with Gasteiger partial charge in [-0.2, -0.15) is 0 Å². The fourth-order valence-corrected chi connectivity index (χ4v) is 2.55. The zero-order chi connectivity index (χ0) is 11.9. The van der Waals surface area contributed by atoms with Crippen molar-refractivity contribution in [2.75, 3.05) is 6.61 Å². The predicted molar refractivity (Wildman–Crippen MR) is 70.0 cm³/mol. The van der Waals surface area contributed by atoms with Crippen molar-refractivity contribution in [2.24, 2.45) is 0 Å². The minimum absolute atomic E-state index is 0.341. The minimum Gasteiger partial charge on any atom is -0.352 e. The van der Waals surface area contributed by atoms with Gasteiger partial charge in [0.1, 0.15) is 0 Å². The molecule has 2 nitrogen and oxygen atoms in total. The van der Waals surface area contributed by atoms with Crippen LogP contribution in [0.2, 0.25) is 0 Å². The number of nitrogens with zero attached hydrogens (tertiary/aromatic N) is 1. The Labute approximate surface area is 102 Å². The molecule has 1 aromatic carbocycles. The normalized spacial score (nSPS) is 24.4. The lowest BCUT2D eigenvalue weighted by Crippen LogP contribution is -2.32. The molecular formula is C15H17NO. The van der Waals surface area contributed by atoms with E-state index in [1.807, 2.05) is 0 Å². The number of benzene rings is 1. The highest BCUT2D eigenvalue weighted by Crippen LogP contribution is 2.31. The van der Waals surface area contributed by atoms with Gasteiger partial charge in [0.2, 0.25) is 0 Å². The smallest absolute Gasteiger partial charge is 0.161 e. The van der Waals surface area contributed by atoms with Crippen molar-refractivity contribution in [1.82, 2.24) is 4.57 Å². The first-order valence-corrected chi connectivity index (χ1v) is 6.09. The Morgan fingerprint density at radius 3 is 2.88 bits per heavy atom. The van der Waals surface area contributed by atoms with Gasteiger partial charge < -0.3 is 9.30 Å². The van der Waals surface area contributed by atoms with Gasteiger partial charge in [-0.05, 0) is 38.0 Å². The average molecular weight is 227 g/mol. The van der Waals surface area contributed by atoms with Crippen LogP contribution in [0.3, 0.4) is 0 Å². The summed E-state index contributed by atoms with van der Waals surface area (Å²) in [4.78, 5) is 0. The molecule has 2 heterocycles. The number of hydrogen-bond acceptors (Lipinski definition) is 1. The molecule has 1 atom stereocenters. The molecular weight excluding hydrogens is 210 g/mol. The van der Waals surface area contributed by atoms with Gasteiger partial charge in [-0.25, -0.2) is 0 Å². The molecule has 0 amide bonds. The zero-order valence-corrected chi connectivity index (χ0v) is 10.3. The lowest BCUT2D eigenvalue weighted by molar-refractivity contribution is -0.0557. The summed E-state index contributed by atoms with van der Waals surface area (Å²) in [6.07, 6.45) is 7.55. The largest absolute Gasteiger partial charge is 0.352 e. The van der Waals surface area contributed by atoms with Crippen LogP contribution in [0.15, 0.2) is 42.6 Å². The molecule has 2 aromatic rings. The van der Waals surface area contributed by atoms with E-state index in [-0.39, 0.29) is 5.72 Å². The van der Waals surface area contributed by atoms with Gasteiger partial charge in [-0.15, -0.1) is 0 Å². The molecule has 1 aliphatic heterocycles. The number of ether oxygens (including phenoxy) is 1. The molecule has 0 radical (unpaired) electrons. The van der Waals surface area contributed by atoms with Crippen molar-refractivity contribution in [3.63, 3.8) is 0 Å². The number of para-hydroxylation sites is 1. The summed E-state index contributed by atoms with van der Waals surface area (Å²) >= 11 is 0. The molecule has 0 fully saturated rings. The van der Waals surface area contributed by atoms with E-state index in [4.69, 9.17) is 4.74 Å². The lowest BCUT2D eigenvalue weighted by atomic mass is 10.1. The van der Waals surface area contributed by atoms with Crippen molar-refractivity contribution in [2.45, 2.75) is 26.0 Å². The molecule has 0 N–H and O–H groups in total. The van der Waals surface area contributed by atoms with E-state index in [9.17, 15) is 0 Å². The third kappa shape index (κ3) is 1.60. The van der Waals surface area contributed by atoms with Gasteiger partial charge in [0.25, 0.3) is 0 Å². The highest BCUT2D eigenvalue weighted by atomic mass is 16.5. The van der Waals surface area contributed by atoms with E-state index in [0.29, 0.717) is 0 Å². The quantitative estimate of drug-likeness (QED) is 0.679. The molecule has 1 aliphatic rings. The summed E-state index contributed by atoms with van der Waals surface area (Å²) in [5.74, 6) is 0. The standard InChI is InChI=1S/C15H17NO/c1-12-11-16(14-8-4-3-7-13(12)14)15(2)9-5-6-10-17-15/h3-5,7-9,11H,6,10H2,1-2H3/t15-/m0/s1. The van der Waals surface area contributed by atoms with E-state index >= 15 is 0 Å². The zero-order valence-electron chi connectivity index (χ0n) is 10.3. The van der Waals surface area contributed by atoms with Gasteiger partial charge in [-0.3, -0.25) is 0 Å². The fourth-order valence-electron chi connectivity index (χ4n) is 2.55. The molecule has 0 spiro atoms. The number of aryl methyl sites for hydroxylation is 1. The van der Waals surface area contributed by atoms with Gasteiger partial charge in [-0.1, -0.05) is 24.3 Å². The van der Waals surface area contributed by atoms with Crippen molar-refractivity contribution >= 4 is 10.9 Å². The molecule has 0 unspecified atom stereocenters. The summed E-state index contributed by atoms with van der Waals surface area (Å²) in [5, 5.41) is 1.30. The monoisotopic (exact) mass is 227 g/mol. The van der Waals surface area contributed by atoms with E-state index in [2.05, 4.69) is 61.0 Å². The van der Waals surface area contributed by atoms with Crippen LogP contribution in [-0.4, -0.2) is 11.2 Å². The minimum atomic E-state index is -0.341. The molecule has 88 valence electrons. The second-order valence-electron chi connectivity index (χ2n) is 4.79. The summed E-state index contributed by atoms with van der Waals surface area (Å²) in [5.41, 5.74) is 2.19. The number of fused-ring (bicyclic) bond motifs is 1. The van der Waals surface area contributed by atoms with Crippen LogP contribution in [0.1, 0.15) is 18.9 Å². The van der Waals surface area contributed by atoms with E-state index < -0.39 is 0 Å². The molecule has 2 heteroatoms. The SMILES string of the molecule is Cc1cn([C@]2(C)C=CCCO2)c2ccccc12. The second kappa shape index (κ2) is 3.74. The molecule has 0 aliphatic carbocycles. The Kier molecular flexibility index (Phi) is 2.33. The Morgan fingerprint density at radius 2 is 2.12 bits per heavy atom. The van der Waals surface area contributed by atoms with Crippen molar-refractivity contribution in [1.29, 1.82) is 0 Å². The number of rotatable bonds is 1. The van der Waals surface area contributed by atoms with Crippen molar-refractivity contribution in [3.05, 3.63) is 48.2 Å². The van der Waals surface area contributed by atoms with Crippen LogP contribution in [0.5, 0.6) is 0 Å². The molecule has 17 heavy (non-hydrogen) atoms. The van der Waals surface area contributed by atoms with Crippen molar-refractivity contribution in [3.8, 4) is 0 Å². The first-order valence-electron chi connectivity index (χ1n) is 6.09. The van der Waals surface area contributed by atoms with E-state index in [0.717, 1.165) is 13.0 Å². The van der Waals surface area contributed by atoms with Crippen LogP contribution in [-0.2, 0) is 10.5 Å². The molecule has 0 saturated carbocycles. The maximum absolute atomic E-state index is 5.95. The maximum atomic E-state index is 5.95. The first-order chi connectivity index (χ1) is 8.21. The Bertz CT molecular complexity index is 582. The summed E-state index contributed by atoms with van der Waals surface area (Å²) in [6, 6.07) is 8.48. The first kappa shape index (κ1) is 10.6. The van der Waals surface area contributed by atoms with Gasteiger partial charge in [0.05, 0.1) is 12.1 Å².